The monoisotopic (exact) mass is 283 g/mol. The van der Waals surface area contributed by atoms with Gasteiger partial charge in [-0.15, -0.1) is 0 Å². The fraction of sp³-hybridized carbons (Fsp3) is 0.471. The van der Waals surface area contributed by atoms with E-state index in [1.165, 1.54) is 18.4 Å². The lowest BCUT2D eigenvalue weighted by Crippen LogP contribution is -2.22. The second kappa shape index (κ2) is 5.53. The molecule has 2 aromatic rings. The first-order valence-electron chi connectivity index (χ1n) is 7.85. The van der Waals surface area contributed by atoms with Crippen LogP contribution in [0, 0.1) is 0 Å². The standard InChI is InChI=1S/C17H21N3O/c1-2-4-16-15(3-1)13(7-10-21-16)12-20-9-8-18-17(20)11-19-14-5-6-14/h1-4,8-9,13-14,19H,5-7,10-12H2. The predicted octanol–water partition coefficient (Wildman–Crippen LogP) is 2.70. The van der Waals surface area contributed by atoms with Crippen LogP contribution in [0.3, 0.4) is 0 Å². The molecule has 1 fully saturated rings. The van der Waals surface area contributed by atoms with Crippen LogP contribution in [0.25, 0.3) is 0 Å². The Kier molecular flexibility index (Phi) is 3.39. The summed E-state index contributed by atoms with van der Waals surface area (Å²) in [5.74, 6) is 2.71. The van der Waals surface area contributed by atoms with E-state index in [-0.39, 0.29) is 0 Å². The van der Waals surface area contributed by atoms with Gasteiger partial charge in [0.05, 0.1) is 13.2 Å². The Balaban J connectivity index is 1.50. The van der Waals surface area contributed by atoms with Gasteiger partial charge in [0.25, 0.3) is 0 Å². The number of fused-ring (bicyclic) bond motifs is 1. The van der Waals surface area contributed by atoms with Crippen LogP contribution in [-0.2, 0) is 13.1 Å². The van der Waals surface area contributed by atoms with Crippen LogP contribution in [0.15, 0.2) is 36.7 Å². The lowest BCUT2D eigenvalue weighted by atomic mass is 9.93. The summed E-state index contributed by atoms with van der Waals surface area (Å²) in [5.41, 5.74) is 1.33. The number of para-hydroxylation sites is 1. The molecule has 1 aliphatic heterocycles. The Morgan fingerprint density at radius 1 is 1.24 bits per heavy atom. The number of ether oxygens (including phenoxy) is 1. The molecule has 2 heterocycles. The highest BCUT2D eigenvalue weighted by Gasteiger charge is 2.23. The number of rotatable bonds is 5. The van der Waals surface area contributed by atoms with Gasteiger partial charge < -0.3 is 14.6 Å². The van der Waals surface area contributed by atoms with Gasteiger partial charge in [0, 0.05) is 30.9 Å². The average Bonchev–Trinajstić information content (AvgIpc) is 3.25. The molecule has 1 saturated carbocycles. The Bertz CT molecular complexity index is 618. The highest BCUT2D eigenvalue weighted by atomic mass is 16.5. The van der Waals surface area contributed by atoms with Crippen molar-refractivity contribution in [2.24, 2.45) is 0 Å². The lowest BCUT2D eigenvalue weighted by Gasteiger charge is -2.26. The number of nitrogens with zero attached hydrogens (tertiary/aromatic N) is 2. The molecule has 1 atom stereocenters. The number of hydrogen-bond donors (Lipinski definition) is 1. The first kappa shape index (κ1) is 12.9. The van der Waals surface area contributed by atoms with E-state index in [4.69, 9.17) is 4.74 Å². The summed E-state index contributed by atoms with van der Waals surface area (Å²) in [6, 6.07) is 9.13. The van der Waals surface area contributed by atoms with Gasteiger partial charge in [-0.05, 0) is 30.9 Å². The van der Waals surface area contributed by atoms with Crippen LogP contribution in [-0.4, -0.2) is 22.2 Å². The van der Waals surface area contributed by atoms with Crippen LogP contribution in [0.2, 0.25) is 0 Å². The maximum Gasteiger partial charge on any atom is 0.122 e. The van der Waals surface area contributed by atoms with Gasteiger partial charge >= 0.3 is 0 Å². The SMILES string of the molecule is c1ccc2c(c1)OCCC2Cn1ccnc1CNC1CC1. The maximum atomic E-state index is 5.75. The van der Waals surface area contributed by atoms with Crippen LogP contribution in [0.4, 0.5) is 0 Å². The van der Waals surface area contributed by atoms with Crippen molar-refractivity contribution in [2.45, 2.75) is 44.3 Å². The van der Waals surface area contributed by atoms with E-state index in [0.717, 1.165) is 43.7 Å². The molecule has 1 unspecified atom stereocenters. The minimum atomic E-state index is 0.517. The molecule has 110 valence electrons. The van der Waals surface area contributed by atoms with Gasteiger partial charge in [-0.25, -0.2) is 4.98 Å². The quantitative estimate of drug-likeness (QED) is 0.917. The van der Waals surface area contributed by atoms with E-state index < -0.39 is 0 Å². The second-order valence-corrected chi connectivity index (χ2v) is 6.02. The third-order valence-corrected chi connectivity index (χ3v) is 4.43. The Morgan fingerprint density at radius 2 is 2.14 bits per heavy atom. The topological polar surface area (TPSA) is 39.1 Å². The van der Waals surface area contributed by atoms with Gasteiger partial charge in [0.2, 0.25) is 0 Å². The summed E-state index contributed by atoms with van der Waals surface area (Å²) in [4.78, 5) is 4.51. The molecule has 1 aromatic heterocycles. The molecule has 2 aliphatic rings. The van der Waals surface area contributed by atoms with Crippen molar-refractivity contribution in [2.75, 3.05) is 6.61 Å². The smallest absolute Gasteiger partial charge is 0.122 e. The molecular weight excluding hydrogens is 262 g/mol. The molecule has 0 radical (unpaired) electrons. The molecule has 0 saturated heterocycles. The van der Waals surface area contributed by atoms with Crippen LogP contribution in [0.1, 0.15) is 36.6 Å². The van der Waals surface area contributed by atoms with Crippen molar-refractivity contribution in [3.8, 4) is 5.75 Å². The molecule has 1 aliphatic carbocycles. The average molecular weight is 283 g/mol. The highest BCUT2D eigenvalue weighted by Crippen LogP contribution is 2.34. The normalized spacial score (nSPS) is 20.9. The Morgan fingerprint density at radius 3 is 3.05 bits per heavy atom. The minimum Gasteiger partial charge on any atom is -0.493 e. The number of hydrogen-bond acceptors (Lipinski definition) is 3. The van der Waals surface area contributed by atoms with E-state index in [9.17, 15) is 0 Å². The molecule has 0 spiro atoms. The Hall–Kier alpha value is -1.81. The summed E-state index contributed by atoms with van der Waals surface area (Å²) < 4.78 is 8.05. The van der Waals surface area contributed by atoms with Gasteiger partial charge in [0.1, 0.15) is 11.6 Å². The fourth-order valence-corrected chi connectivity index (χ4v) is 3.04. The van der Waals surface area contributed by atoms with Gasteiger partial charge in [0.15, 0.2) is 0 Å². The van der Waals surface area contributed by atoms with E-state index in [0.29, 0.717) is 5.92 Å². The predicted molar refractivity (Wildman–Crippen MR) is 81.4 cm³/mol. The lowest BCUT2D eigenvalue weighted by molar-refractivity contribution is 0.258. The van der Waals surface area contributed by atoms with Crippen molar-refractivity contribution in [1.29, 1.82) is 0 Å². The van der Waals surface area contributed by atoms with E-state index in [2.05, 4.69) is 39.3 Å². The van der Waals surface area contributed by atoms with Gasteiger partial charge in [-0.1, -0.05) is 18.2 Å². The molecule has 1 aromatic carbocycles. The number of aromatic nitrogens is 2. The fourth-order valence-electron chi connectivity index (χ4n) is 3.04. The maximum absolute atomic E-state index is 5.75. The summed E-state index contributed by atoms with van der Waals surface area (Å²) in [5, 5.41) is 3.55. The summed E-state index contributed by atoms with van der Waals surface area (Å²) in [7, 11) is 0. The summed E-state index contributed by atoms with van der Waals surface area (Å²) in [6.07, 6.45) is 7.71. The molecule has 0 bridgehead atoms. The minimum absolute atomic E-state index is 0.517. The van der Waals surface area contributed by atoms with E-state index in [1.807, 2.05) is 12.3 Å². The first-order valence-corrected chi connectivity index (χ1v) is 7.85. The van der Waals surface area contributed by atoms with Crippen molar-refractivity contribution < 1.29 is 4.74 Å². The van der Waals surface area contributed by atoms with Crippen molar-refractivity contribution in [3.63, 3.8) is 0 Å². The largest absolute Gasteiger partial charge is 0.493 e. The molecule has 4 rings (SSSR count). The number of benzene rings is 1. The second-order valence-electron chi connectivity index (χ2n) is 6.02. The van der Waals surface area contributed by atoms with Crippen LogP contribution in [0.5, 0.6) is 5.75 Å². The zero-order chi connectivity index (χ0) is 14.1. The third-order valence-electron chi connectivity index (χ3n) is 4.43. The van der Waals surface area contributed by atoms with E-state index >= 15 is 0 Å². The summed E-state index contributed by atoms with van der Waals surface area (Å²) >= 11 is 0. The number of imidazole rings is 1. The zero-order valence-corrected chi connectivity index (χ0v) is 12.2. The summed E-state index contributed by atoms with van der Waals surface area (Å²) in [6.45, 7) is 2.68. The number of nitrogens with one attached hydrogen (secondary N) is 1. The first-order chi connectivity index (χ1) is 10.4. The van der Waals surface area contributed by atoms with Crippen molar-refractivity contribution in [1.82, 2.24) is 14.9 Å². The van der Waals surface area contributed by atoms with Crippen LogP contribution >= 0.6 is 0 Å². The van der Waals surface area contributed by atoms with E-state index in [1.54, 1.807) is 0 Å². The molecule has 4 nitrogen and oxygen atoms in total. The molecule has 4 heteroatoms. The highest BCUT2D eigenvalue weighted by molar-refractivity contribution is 5.37. The van der Waals surface area contributed by atoms with Crippen molar-refractivity contribution in [3.05, 3.63) is 48.0 Å². The van der Waals surface area contributed by atoms with Crippen molar-refractivity contribution >= 4 is 0 Å². The molecular formula is C17H21N3O. The molecule has 21 heavy (non-hydrogen) atoms. The van der Waals surface area contributed by atoms with Gasteiger partial charge in [-0.3, -0.25) is 0 Å². The Labute approximate surface area is 125 Å². The van der Waals surface area contributed by atoms with Gasteiger partial charge in [-0.2, -0.15) is 0 Å². The van der Waals surface area contributed by atoms with Crippen LogP contribution < -0.4 is 10.1 Å². The molecule has 0 amide bonds. The zero-order valence-electron chi connectivity index (χ0n) is 12.2. The molecule has 1 N–H and O–H groups in total. The third kappa shape index (κ3) is 2.81.